The van der Waals surface area contributed by atoms with Crippen LogP contribution in [-0.4, -0.2) is 25.4 Å². The van der Waals surface area contributed by atoms with Crippen LogP contribution in [0.3, 0.4) is 0 Å². The summed E-state index contributed by atoms with van der Waals surface area (Å²) in [6.45, 7) is 1.01. The number of nitrogens with one attached hydrogen (secondary N) is 1. The fraction of sp³-hybridized carbons (Fsp3) is 0.538. The van der Waals surface area contributed by atoms with Crippen molar-refractivity contribution in [3.8, 4) is 5.75 Å². The summed E-state index contributed by atoms with van der Waals surface area (Å²) in [7, 11) is 1.46. The highest BCUT2D eigenvalue weighted by Gasteiger charge is 2.21. The smallest absolute Gasteiger partial charge is 0.165 e. The number of benzene rings is 1. The van der Waals surface area contributed by atoms with Gasteiger partial charge in [0.15, 0.2) is 11.6 Å². The molecule has 0 saturated carbocycles. The standard InChI is InChI=1S/C13H18FNO2/c1-17-13-5-3-10(6-11(13)14)12-4-2-9(8-16)7-15-12/h3,5-6,9,12,15-16H,2,4,7-8H2,1H3. The molecule has 0 bridgehead atoms. The fourth-order valence-corrected chi connectivity index (χ4v) is 2.26. The second-order valence-corrected chi connectivity index (χ2v) is 4.48. The highest BCUT2D eigenvalue weighted by molar-refractivity contribution is 5.31. The minimum absolute atomic E-state index is 0.179. The first-order chi connectivity index (χ1) is 8.24. The summed E-state index contributed by atoms with van der Waals surface area (Å²) in [5.74, 6) is 0.281. The first-order valence-corrected chi connectivity index (χ1v) is 5.92. The molecule has 0 amide bonds. The zero-order valence-electron chi connectivity index (χ0n) is 9.95. The molecule has 1 aliphatic heterocycles. The van der Waals surface area contributed by atoms with E-state index < -0.39 is 0 Å². The van der Waals surface area contributed by atoms with Crippen molar-refractivity contribution in [2.45, 2.75) is 18.9 Å². The van der Waals surface area contributed by atoms with Crippen molar-refractivity contribution in [3.05, 3.63) is 29.6 Å². The number of piperidine rings is 1. The summed E-state index contributed by atoms with van der Waals surface area (Å²) < 4.78 is 18.4. The van der Waals surface area contributed by atoms with E-state index in [1.54, 1.807) is 6.07 Å². The maximum atomic E-state index is 13.6. The zero-order chi connectivity index (χ0) is 12.3. The summed E-state index contributed by atoms with van der Waals surface area (Å²) >= 11 is 0. The molecule has 0 radical (unpaired) electrons. The lowest BCUT2D eigenvalue weighted by atomic mass is 9.91. The van der Waals surface area contributed by atoms with Gasteiger partial charge in [-0.2, -0.15) is 0 Å². The highest BCUT2D eigenvalue weighted by atomic mass is 19.1. The van der Waals surface area contributed by atoms with Gasteiger partial charge in [-0.05, 0) is 36.5 Å². The molecule has 2 N–H and O–H groups in total. The highest BCUT2D eigenvalue weighted by Crippen LogP contribution is 2.28. The molecule has 17 heavy (non-hydrogen) atoms. The average Bonchev–Trinajstić information content (AvgIpc) is 2.39. The van der Waals surface area contributed by atoms with Crippen LogP contribution in [0.15, 0.2) is 18.2 Å². The molecule has 2 unspecified atom stereocenters. The van der Waals surface area contributed by atoms with Crippen LogP contribution in [0.2, 0.25) is 0 Å². The van der Waals surface area contributed by atoms with E-state index in [-0.39, 0.29) is 24.2 Å². The Hall–Kier alpha value is -1.13. The number of hydrogen-bond donors (Lipinski definition) is 2. The fourth-order valence-electron chi connectivity index (χ4n) is 2.26. The Kier molecular flexibility index (Phi) is 3.97. The molecule has 1 aromatic carbocycles. The van der Waals surface area contributed by atoms with Crippen molar-refractivity contribution in [2.24, 2.45) is 5.92 Å². The van der Waals surface area contributed by atoms with E-state index in [0.717, 1.165) is 24.9 Å². The maximum Gasteiger partial charge on any atom is 0.165 e. The van der Waals surface area contributed by atoms with Crippen LogP contribution in [0.25, 0.3) is 0 Å². The summed E-state index contributed by atoms with van der Waals surface area (Å²) in [5.41, 5.74) is 0.944. The van der Waals surface area contributed by atoms with Crippen LogP contribution < -0.4 is 10.1 Å². The largest absolute Gasteiger partial charge is 0.494 e. The van der Waals surface area contributed by atoms with Crippen molar-refractivity contribution in [2.75, 3.05) is 20.3 Å². The van der Waals surface area contributed by atoms with Crippen molar-refractivity contribution < 1.29 is 14.2 Å². The molecule has 0 aliphatic carbocycles. The number of hydrogen-bond acceptors (Lipinski definition) is 3. The molecule has 2 atom stereocenters. The first-order valence-electron chi connectivity index (χ1n) is 5.92. The minimum Gasteiger partial charge on any atom is -0.494 e. The van der Waals surface area contributed by atoms with E-state index in [1.807, 2.05) is 6.07 Å². The van der Waals surface area contributed by atoms with E-state index in [9.17, 15) is 4.39 Å². The van der Waals surface area contributed by atoms with E-state index >= 15 is 0 Å². The lowest BCUT2D eigenvalue weighted by molar-refractivity contribution is 0.183. The van der Waals surface area contributed by atoms with Crippen molar-refractivity contribution >= 4 is 0 Å². The van der Waals surface area contributed by atoms with Gasteiger partial charge in [0.25, 0.3) is 0 Å². The predicted molar refractivity (Wildman–Crippen MR) is 63.5 cm³/mol. The molecule has 94 valence electrons. The molecule has 3 nitrogen and oxygen atoms in total. The zero-order valence-corrected chi connectivity index (χ0v) is 9.95. The van der Waals surface area contributed by atoms with Gasteiger partial charge in [0.2, 0.25) is 0 Å². The number of rotatable bonds is 3. The molecule has 1 aromatic rings. The number of methoxy groups -OCH3 is 1. The lowest BCUT2D eigenvalue weighted by Crippen LogP contribution is -2.34. The third-order valence-corrected chi connectivity index (χ3v) is 3.35. The molecule has 2 rings (SSSR count). The third kappa shape index (κ3) is 2.76. The Balaban J connectivity index is 2.06. The number of ether oxygens (including phenoxy) is 1. The van der Waals surface area contributed by atoms with Crippen LogP contribution in [0.5, 0.6) is 5.75 Å². The van der Waals surface area contributed by atoms with E-state index in [1.165, 1.54) is 13.2 Å². The molecule has 1 saturated heterocycles. The maximum absolute atomic E-state index is 13.6. The summed E-state index contributed by atoms with van der Waals surface area (Å²) in [4.78, 5) is 0. The predicted octanol–water partition coefficient (Wildman–Crippen LogP) is 1.87. The second-order valence-electron chi connectivity index (χ2n) is 4.48. The lowest BCUT2D eigenvalue weighted by Gasteiger charge is -2.29. The molecule has 1 fully saturated rings. The Labute approximate surface area is 101 Å². The van der Waals surface area contributed by atoms with Crippen LogP contribution in [-0.2, 0) is 0 Å². The van der Waals surface area contributed by atoms with Gasteiger partial charge in [-0.15, -0.1) is 0 Å². The number of aliphatic hydroxyl groups is 1. The topological polar surface area (TPSA) is 41.5 Å². The summed E-state index contributed by atoms with van der Waals surface area (Å²) in [6.07, 6.45) is 1.90. The van der Waals surface area contributed by atoms with Crippen molar-refractivity contribution in [1.82, 2.24) is 5.32 Å². The van der Waals surface area contributed by atoms with E-state index in [0.29, 0.717) is 5.92 Å². The van der Waals surface area contributed by atoms with Crippen molar-refractivity contribution in [1.29, 1.82) is 0 Å². The molecule has 0 spiro atoms. The number of aliphatic hydroxyl groups excluding tert-OH is 1. The van der Waals surface area contributed by atoms with Gasteiger partial charge in [0, 0.05) is 19.2 Å². The average molecular weight is 239 g/mol. The Bertz CT molecular complexity index is 376. The quantitative estimate of drug-likeness (QED) is 0.846. The van der Waals surface area contributed by atoms with Crippen LogP contribution in [0.4, 0.5) is 4.39 Å². The van der Waals surface area contributed by atoms with Gasteiger partial charge in [0.1, 0.15) is 0 Å². The third-order valence-electron chi connectivity index (χ3n) is 3.35. The summed E-state index contributed by atoms with van der Waals surface area (Å²) in [6, 6.07) is 5.25. The van der Waals surface area contributed by atoms with Gasteiger partial charge in [-0.25, -0.2) is 4.39 Å². The molecular formula is C13H18FNO2. The van der Waals surface area contributed by atoms with E-state index in [2.05, 4.69) is 5.32 Å². The van der Waals surface area contributed by atoms with Crippen LogP contribution in [0, 0.1) is 11.7 Å². The van der Waals surface area contributed by atoms with Gasteiger partial charge in [-0.3, -0.25) is 0 Å². The molecule has 1 heterocycles. The number of halogens is 1. The molecule has 1 aliphatic rings. The van der Waals surface area contributed by atoms with Crippen molar-refractivity contribution in [3.63, 3.8) is 0 Å². The van der Waals surface area contributed by atoms with E-state index in [4.69, 9.17) is 9.84 Å². The molecule has 0 aromatic heterocycles. The van der Waals surface area contributed by atoms with Crippen LogP contribution >= 0.6 is 0 Å². The van der Waals surface area contributed by atoms with Gasteiger partial charge >= 0.3 is 0 Å². The Morgan fingerprint density at radius 2 is 2.29 bits per heavy atom. The van der Waals surface area contributed by atoms with Gasteiger partial charge in [-0.1, -0.05) is 6.07 Å². The Morgan fingerprint density at radius 3 is 2.82 bits per heavy atom. The SMILES string of the molecule is COc1ccc(C2CCC(CO)CN2)cc1F. The Morgan fingerprint density at radius 1 is 1.47 bits per heavy atom. The molecule has 4 heteroatoms. The van der Waals surface area contributed by atoms with Crippen LogP contribution in [0.1, 0.15) is 24.4 Å². The summed E-state index contributed by atoms with van der Waals surface area (Å²) in [5, 5.41) is 12.4. The van der Waals surface area contributed by atoms with Gasteiger partial charge in [0.05, 0.1) is 7.11 Å². The monoisotopic (exact) mass is 239 g/mol. The minimum atomic E-state index is -0.323. The second kappa shape index (κ2) is 5.47. The first kappa shape index (κ1) is 12.3. The normalized spacial score (nSPS) is 24.6. The molecular weight excluding hydrogens is 221 g/mol. The van der Waals surface area contributed by atoms with Gasteiger partial charge < -0.3 is 15.2 Å².